The molecular weight excluding hydrogens is 398 g/mol. The molecule has 0 radical (unpaired) electrons. The van der Waals surface area contributed by atoms with Crippen LogP contribution in [0.15, 0.2) is 58.6 Å². The Hall–Kier alpha value is -2.44. The molecule has 26 heavy (non-hydrogen) atoms. The van der Waals surface area contributed by atoms with Crippen molar-refractivity contribution in [1.82, 2.24) is 4.90 Å². The Kier molecular flexibility index (Phi) is 5.25. The Bertz CT molecular complexity index is 872. The third-order valence-corrected chi connectivity index (χ3v) is 4.92. The molecule has 1 atom stereocenters. The number of hydrogen-bond acceptors (Lipinski definition) is 4. The van der Waals surface area contributed by atoms with E-state index >= 15 is 0 Å². The van der Waals surface area contributed by atoms with E-state index in [2.05, 4.69) is 15.9 Å². The van der Waals surface area contributed by atoms with E-state index in [-0.39, 0.29) is 24.5 Å². The van der Waals surface area contributed by atoms with Gasteiger partial charge in [-0.3, -0.25) is 9.59 Å². The lowest BCUT2D eigenvalue weighted by Crippen LogP contribution is -2.32. The van der Waals surface area contributed by atoms with Crippen molar-refractivity contribution in [3.63, 3.8) is 0 Å². The van der Waals surface area contributed by atoms with Gasteiger partial charge in [0.15, 0.2) is 0 Å². The fourth-order valence-corrected chi connectivity index (χ4v) is 3.34. The largest absolute Gasteiger partial charge is 0.507 e. The smallest absolute Gasteiger partial charge is 0.295 e. The summed E-state index contributed by atoms with van der Waals surface area (Å²) in [6, 6.07) is 13.5. The molecule has 0 aliphatic carbocycles. The van der Waals surface area contributed by atoms with E-state index in [0.717, 1.165) is 10.0 Å². The second-order valence-corrected chi connectivity index (χ2v) is 7.05. The lowest BCUT2D eigenvalue weighted by molar-refractivity contribution is -0.140. The van der Waals surface area contributed by atoms with E-state index in [1.807, 2.05) is 31.2 Å². The molecule has 1 heterocycles. The van der Waals surface area contributed by atoms with Crippen molar-refractivity contribution in [2.45, 2.75) is 13.0 Å². The highest BCUT2D eigenvalue weighted by molar-refractivity contribution is 9.10. The highest BCUT2D eigenvalue weighted by Gasteiger charge is 2.45. The summed E-state index contributed by atoms with van der Waals surface area (Å²) >= 11 is 3.33. The molecular formula is C20H18BrNO4. The van der Waals surface area contributed by atoms with Crippen LogP contribution in [0.3, 0.4) is 0 Å². The lowest BCUT2D eigenvalue weighted by Gasteiger charge is -2.24. The van der Waals surface area contributed by atoms with Crippen LogP contribution in [0.5, 0.6) is 0 Å². The standard InChI is InChI=1S/C20H18BrNO4/c1-12-2-4-13(5-3-12)17-16(19(25)20(26)22(17)10-11-23)18(24)14-6-8-15(21)9-7-14/h2-9,17,23-24H,10-11H2,1H3. The average Bonchev–Trinajstić information content (AvgIpc) is 2.88. The van der Waals surface area contributed by atoms with E-state index in [1.54, 1.807) is 24.3 Å². The normalized spacial score (nSPS) is 19.2. The topological polar surface area (TPSA) is 77.8 Å². The molecule has 0 spiro atoms. The zero-order valence-corrected chi connectivity index (χ0v) is 15.7. The number of rotatable bonds is 4. The Morgan fingerprint density at radius 1 is 1.08 bits per heavy atom. The molecule has 2 aromatic carbocycles. The summed E-state index contributed by atoms with van der Waals surface area (Å²) in [5.41, 5.74) is 2.24. The van der Waals surface area contributed by atoms with Gasteiger partial charge in [0.05, 0.1) is 18.2 Å². The molecule has 3 rings (SSSR count). The van der Waals surface area contributed by atoms with Gasteiger partial charge in [-0.05, 0) is 24.6 Å². The Morgan fingerprint density at radius 3 is 2.27 bits per heavy atom. The summed E-state index contributed by atoms with van der Waals surface area (Å²) in [6.07, 6.45) is 0. The molecule has 1 saturated heterocycles. The zero-order valence-electron chi connectivity index (χ0n) is 14.1. The minimum Gasteiger partial charge on any atom is -0.507 e. The van der Waals surface area contributed by atoms with Gasteiger partial charge in [-0.15, -0.1) is 0 Å². The number of halogens is 1. The zero-order chi connectivity index (χ0) is 18.8. The Labute approximate surface area is 159 Å². The van der Waals surface area contributed by atoms with Crippen LogP contribution in [0.1, 0.15) is 22.7 Å². The molecule has 2 N–H and O–H groups in total. The first-order valence-electron chi connectivity index (χ1n) is 8.16. The molecule has 134 valence electrons. The number of hydrogen-bond donors (Lipinski definition) is 2. The number of nitrogens with zero attached hydrogens (tertiary/aromatic N) is 1. The van der Waals surface area contributed by atoms with E-state index in [4.69, 9.17) is 0 Å². The van der Waals surface area contributed by atoms with Crippen LogP contribution in [0.25, 0.3) is 5.76 Å². The van der Waals surface area contributed by atoms with Crippen molar-refractivity contribution in [3.8, 4) is 0 Å². The minimum atomic E-state index is -0.746. The number of ketones is 1. The average molecular weight is 416 g/mol. The van der Waals surface area contributed by atoms with E-state index in [9.17, 15) is 19.8 Å². The number of carbonyl (C=O) groups excluding carboxylic acids is 2. The fraction of sp³-hybridized carbons (Fsp3) is 0.200. The number of likely N-dealkylation sites (tertiary alicyclic amines) is 1. The third kappa shape index (κ3) is 3.30. The molecule has 5 nitrogen and oxygen atoms in total. The number of amides is 1. The van der Waals surface area contributed by atoms with Crippen molar-refractivity contribution >= 4 is 33.4 Å². The number of aliphatic hydroxyl groups excluding tert-OH is 2. The molecule has 0 bridgehead atoms. The molecule has 6 heteroatoms. The summed E-state index contributed by atoms with van der Waals surface area (Å²) in [5, 5.41) is 20.1. The SMILES string of the molecule is Cc1ccc(C2C(=C(O)c3ccc(Br)cc3)C(=O)C(=O)N2CCO)cc1. The number of β-amino-alcohol motifs (C(OH)–C–C–N with tert-alkyl or cyclic N) is 1. The van der Waals surface area contributed by atoms with Gasteiger partial charge < -0.3 is 15.1 Å². The maximum atomic E-state index is 12.6. The van der Waals surface area contributed by atoms with E-state index < -0.39 is 17.7 Å². The van der Waals surface area contributed by atoms with Crippen molar-refractivity contribution in [2.24, 2.45) is 0 Å². The van der Waals surface area contributed by atoms with Gasteiger partial charge in [0.1, 0.15) is 5.76 Å². The van der Waals surface area contributed by atoms with Crippen LogP contribution in [0.2, 0.25) is 0 Å². The van der Waals surface area contributed by atoms with Crippen molar-refractivity contribution < 1.29 is 19.8 Å². The molecule has 1 amide bonds. The Morgan fingerprint density at radius 2 is 1.69 bits per heavy atom. The highest BCUT2D eigenvalue weighted by atomic mass is 79.9. The van der Waals surface area contributed by atoms with Crippen molar-refractivity contribution in [3.05, 3.63) is 75.3 Å². The molecule has 1 aliphatic rings. The predicted molar refractivity (Wildman–Crippen MR) is 101 cm³/mol. The molecule has 1 unspecified atom stereocenters. The van der Waals surface area contributed by atoms with Gasteiger partial charge in [0.25, 0.3) is 11.7 Å². The number of aliphatic hydroxyl groups is 2. The van der Waals surface area contributed by atoms with Gasteiger partial charge in [0.2, 0.25) is 0 Å². The van der Waals surface area contributed by atoms with Crippen LogP contribution >= 0.6 is 15.9 Å². The predicted octanol–water partition coefficient (Wildman–Crippen LogP) is 3.17. The van der Waals surface area contributed by atoms with Crippen LogP contribution in [0.4, 0.5) is 0 Å². The van der Waals surface area contributed by atoms with E-state index in [1.165, 1.54) is 4.90 Å². The first kappa shape index (κ1) is 18.4. The number of carbonyl (C=O) groups is 2. The summed E-state index contributed by atoms with van der Waals surface area (Å²) in [6.45, 7) is 1.68. The van der Waals surface area contributed by atoms with E-state index in [0.29, 0.717) is 11.1 Å². The second-order valence-electron chi connectivity index (χ2n) is 6.13. The molecule has 2 aromatic rings. The van der Waals surface area contributed by atoms with Gasteiger partial charge in [-0.1, -0.05) is 57.9 Å². The maximum absolute atomic E-state index is 12.6. The quantitative estimate of drug-likeness (QED) is 0.456. The summed E-state index contributed by atoms with van der Waals surface area (Å²) in [7, 11) is 0. The van der Waals surface area contributed by atoms with Gasteiger partial charge in [-0.25, -0.2) is 0 Å². The van der Waals surface area contributed by atoms with Gasteiger partial charge >= 0.3 is 0 Å². The van der Waals surface area contributed by atoms with Crippen LogP contribution in [0, 0.1) is 6.92 Å². The molecule has 1 fully saturated rings. The van der Waals surface area contributed by atoms with Crippen molar-refractivity contribution in [2.75, 3.05) is 13.2 Å². The van der Waals surface area contributed by atoms with Crippen LogP contribution < -0.4 is 0 Å². The monoisotopic (exact) mass is 415 g/mol. The maximum Gasteiger partial charge on any atom is 0.295 e. The van der Waals surface area contributed by atoms with Gasteiger partial charge in [-0.2, -0.15) is 0 Å². The van der Waals surface area contributed by atoms with Crippen molar-refractivity contribution in [1.29, 1.82) is 0 Å². The van der Waals surface area contributed by atoms with Crippen LogP contribution in [-0.4, -0.2) is 40.0 Å². The second kappa shape index (κ2) is 7.43. The summed E-state index contributed by atoms with van der Waals surface area (Å²) in [5.74, 6) is -1.69. The minimum absolute atomic E-state index is 0.0141. The first-order chi connectivity index (χ1) is 12.4. The number of benzene rings is 2. The third-order valence-electron chi connectivity index (χ3n) is 4.39. The summed E-state index contributed by atoms with van der Waals surface area (Å²) in [4.78, 5) is 26.4. The molecule has 0 saturated carbocycles. The fourth-order valence-electron chi connectivity index (χ4n) is 3.08. The highest BCUT2D eigenvalue weighted by Crippen LogP contribution is 2.39. The molecule has 0 aromatic heterocycles. The number of aryl methyl sites for hydroxylation is 1. The summed E-state index contributed by atoms with van der Waals surface area (Å²) < 4.78 is 0.838. The lowest BCUT2D eigenvalue weighted by atomic mass is 9.95. The number of Topliss-reactive ketones (excluding diaryl/α,β-unsaturated/α-hetero) is 1. The van der Waals surface area contributed by atoms with Gasteiger partial charge in [0, 0.05) is 16.6 Å². The first-order valence-corrected chi connectivity index (χ1v) is 8.95. The van der Waals surface area contributed by atoms with Crippen LogP contribution in [-0.2, 0) is 9.59 Å². The molecule has 1 aliphatic heterocycles. The Balaban J connectivity index is 2.17.